The zero-order valence-corrected chi connectivity index (χ0v) is 17.2. The van der Waals surface area contributed by atoms with E-state index in [4.69, 9.17) is 5.73 Å². The Kier molecular flexibility index (Phi) is 5.65. The number of hydrogen-bond donors (Lipinski definition) is 3. The Labute approximate surface area is 177 Å². The number of piperidine rings is 1. The maximum absolute atomic E-state index is 14.1. The number of hydrogen-bond acceptors (Lipinski definition) is 7. The second-order valence-electron chi connectivity index (χ2n) is 7.55. The fraction of sp³-hybridized carbons (Fsp3) is 0.286. The van der Waals surface area contributed by atoms with Crippen LogP contribution >= 0.6 is 11.3 Å². The van der Waals surface area contributed by atoms with Crippen molar-refractivity contribution in [1.82, 2.24) is 9.97 Å². The number of carbonyl (C=O) groups is 1. The number of pyridine rings is 1. The molecule has 0 aliphatic carbocycles. The summed E-state index contributed by atoms with van der Waals surface area (Å²) in [7, 11) is 0. The number of anilines is 2. The number of nitrogens with one attached hydrogen (secondary N) is 1. The maximum atomic E-state index is 14.1. The number of amides is 1. The van der Waals surface area contributed by atoms with Gasteiger partial charge in [0.25, 0.3) is 5.91 Å². The van der Waals surface area contributed by atoms with Gasteiger partial charge < -0.3 is 21.1 Å². The van der Waals surface area contributed by atoms with Crippen LogP contribution < -0.4 is 16.0 Å². The molecule has 1 amide bonds. The van der Waals surface area contributed by atoms with E-state index in [1.165, 1.54) is 12.1 Å². The van der Waals surface area contributed by atoms with Crippen molar-refractivity contribution in [2.45, 2.75) is 19.4 Å². The van der Waals surface area contributed by atoms with Crippen LogP contribution in [0.1, 0.15) is 23.8 Å². The highest BCUT2D eigenvalue weighted by molar-refractivity contribution is 7.13. The van der Waals surface area contributed by atoms with E-state index in [0.29, 0.717) is 23.2 Å². The average molecular weight is 428 g/mol. The summed E-state index contributed by atoms with van der Waals surface area (Å²) in [4.78, 5) is 23.3. The number of benzene rings is 1. The van der Waals surface area contributed by atoms with Gasteiger partial charge in [0.1, 0.15) is 22.3 Å². The third-order valence-corrected chi connectivity index (χ3v) is 5.87. The Hall–Kier alpha value is -3.04. The largest absolute Gasteiger partial charge is 0.508 e. The fourth-order valence-corrected chi connectivity index (χ4v) is 4.55. The molecule has 0 bridgehead atoms. The van der Waals surface area contributed by atoms with E-state index in [0.717, 1.165) is 36.1 Å². The zero-order chi connectivity index (χ0) is 21.3. The molecule has 30 heavy (non-hydrogen) atoms. The molecule has 9 heteroatoms. The van der Waals surface area contributed by atoms with Crippen LogP contribution in [-0.2, 0) is 0 Å². The number of aromatic nitrogens is 2. The molecular formula is C21H22FN5O2S. The summed E-state index contributed by atoms with van der Waals surface area (Å²) in [6.45, 7) is 3.71. The van der Waals surface area contributed by atoms with Crippen molar-refractivity contribution >= 4 is 28.6 Å². The topological polar surface area (TPSA) is 104 Å². The van der Waals surface area contributed by atoms with Crippen molar-refractivity contribution in [3.63, 3.8) is 0 Å². The number of rotatable bonds is 4. The number of thiazole rings is 1. The number of halogens is 1. The van der Waals surface area contributed by atoms with Gasteiger partial charge in [0.15, 0.2) is 0 Å². The summed E-state index contributed by atoms with van der Waals surface area (Å²) >= 11 is 1.16. The number of phenolic OH excluding ortho intramolecular Hbond substituents is 1. The lowest BCUT2D eigenvalue weighted by atomic mass is 9.96. The summed E-state index contributed by atoms with van der Waals surface area (Å²) in [5, 5.41) is 14.2. The van der Waals surface area contributed by atoms with Gasteiger partial charge in [-0.25, -0.2) is 9.37 Å². The Balaban J connectivity index is 1.55. The third-order valence-electron chi connectivity index (χ3n) is 5.00. The smallest absolute Gasteiger partial charge is 0.275 e. The van der Waals surface area contributed by atoms with Gasteiger partial charge in [-0.2, -0.15) is 0 Å². The van der Waals surface area contributed by atoms with Crippen LogP contribution in [0.5, 0.6) is 5.75 Å². The third kappa shape index (κ3) is 4.27. The minimum Gasteiger partial charge on any atom is -0.508 e. The SMILES string of the molecule is CC1CC(N)CN(c2ccncc2NC(=O)c2csc(-c3ccc(O)cc3F)n2)C1. The highest BCUT2D eigenvalue weighted by atomic mass is 32.1. The summed E-state index contributed by atoms with van der Waals surface area (Å²) in [5.74, 6) is -0.713. The Morgan fingerprint density at radius 2 is 2.20 bits per heavy atom. The summed E-state index contributed by atoms with van der Waals surface area (Å²) < 4.78 is 14.1. The van der Waals surface area contributed by atoms with Crippen LogP contribution in [0.15, 0.2) is 42.0 Å². The number of aromatic hydroxyl groups is 1. The van der Waals surface area contributed by atoms with Crippen LogP contribution in [0.4, 0.5) is 15.8 Å². The molecule has 1 saturated heterocycles. The molecule has 0 spiro atoms. The molecule has 2 unspecified atom stereocenters. The summed E-state index contributed by atoms with van der Waals surface area (Å²) in [6, 6.07) is 5.77. The van der Waals surface area contributed by atoms with Crippen molar-refractivity contribution in [3.8, 4) is 16.3 Å². The first kappa shape index (κ1) is 20.2. The van der Waals surface area contributed by atoms with Crippen LogP contribution in [0.2, 0.25) is 0 Å². The molecule has 4 N–H and O–H groups in total. The fourth-order valence-electron chi connectivity index (χ4n) is 3.72. The van der Waals surface area contributed by atoms with E-state index in [2.05, 4.69) is 27.1 Å². The first-order valence-corrected chi connectivity index (χ1v) is 10.5. The summed E-state index contributed by atoms with van der Waals surface area (Å²) in [5.41, 5.74) is 8.03. The Morgan fingerprint density at radius 1 is 1.37 bits per heavy atom. The molecule has 1 fully saturated rings. The van der Waals surface area contributed by atoms with Gasteiger partial charge in [0.05, 0.1) is 17.6 Å². The molecule has 1 aliphatic heterocycles. The molecule has 3 heterocycles. The van der Waals surface area contributed by atoms with Crippen molar-refractivity contribution in [2.24, 2.45) is 11.7 Å². The van der Waals surface area contributed by atoms with Crippen LogP contribution in [0.3, 0.4) is 0 Å². The molecule has 1 aromatic carbocycles. The van der Waals surface area contributed by atoms with Crippen molar-refractivity contribution in [2.75, 3.05) is 23.3 Å². The lowest BCUT2D eigenvalue weighted by Gasteiger charge is -2.37. The van der Waals surface area contributed by atoms with Gasteiger partial charge >= 0.3 is 0 Å². The van der Waals surface area contributed by atoms with Gasteiger partial charge in [0.2, 0.25) is 0 Å². The van der Waals surface area contributed by atoms with E-state index >= 15 is 0 Å². The van der Waals surface area contributed by atoms with E-state index < -0.39 is 11.7 Å². The molecule has 0 radical (unpaired) electrons. The monoisotopic (exact) mass is 427 g/mol. The van der Waals surface area contributed by atoms with Gasteiger partial charge in [-0.3, -0.25) is 9.78 Å². The minimum atomic E-state index is -0.596. The molecule has 3 aromatic rings. The molecule has 1 aliphatic rings. The molecule has 7 nitrogen and oxygen atoms in total. The van der Waals surface area contributed by atoms with E-state index in [9.17, 15) is 14.3 Å². The van der Waals surface area contributed by atoms with E-state index in [1.807, 2.05) is 6.07 Å². The van der Waals surface area contributed by atoms with Crippen LogP contribution in [0.25, 0.3) is 10.6 Å². The van der Waals surface area contributed by atoms with Crippen molar-refractivity contribution < 1.29 is 14.3 Å². The lowest BCUT2D eigenvalue weighted by molar-refractivity contribution is 0.102. The highest BCUT2D eigenvalue weighted by Gasteiger charge is 2.25. The van der Waals surface area contributed by atoms with Gasteiger partial charge in [-0.15, -0.1) is 11.3 Å². The van der Waals surface area contributed by atoms with Gasteiger partial charge in [0, 0.05) is 42.3 Å². The van der Waals surface area contributed by atoms with Gasteiger partial charge in [-0.1, -0.05) is 6.92 Å². The number of nitrogens with zero attached hydrogens (tertiary/aromatic N) is 3. The molecule has 156 valence electrons. The van der Waals surface area contributed by atoms with E-state index in [1.54, 1.807) is 17.8 Å². The molecule has 2 atom stereocenters. The molecule has 2 aromatic heterocycles. The zero-order valence-electron chi connectivity index (χ0n) is 16.4. The standard InChI is InChI=1S/C21H22FN5O2S/c1-12-6-13(23)10-27(9-12)19-4-5-24-8-17(19)25-20(29)18-11-30-21(26-18)15-3-2-14(28)7-16(15)22/h2-5,7-8,11-13,28H,6,9-10,23H2,1H3,(H,25,29). The highest BCUT2D eigenvalue weighted by Crippen LogP contribution is 2.31. The second kappa shape index (κ2) is 8.37. The number of phenols is 1. The predicted octanol–water partition coefficient (Wildman–Crippen LogP) is 3.48. The normalized spacial score (nSPS) is 19.0. The van der Waals surface area contributed by atoms with Crippen molar-refractivity contribution in [1.29, 1.82) is 0 Å². The number of nitrogens with two attached hydrogens (primary N) is 1. The predicted molar refractivity (Wildman–Crippen MR) is 115 cm³/mol. The van der Waals surface area contributed by atoms with Crippen LogP contribution in [0, 0.1) is 11.7 Å². The van der Waals surface area contributed by atoms with Gasteiger partial charge in [-0.05, 0) is 30.5 Å². The minimum absolute atomic E-state index is 0.0757. The first-order valence-electron chi connectivity index (χ1n) is 9.61. The Morgan fingerprint density at radius 3 is 2.97 bits per heavy atom. The van der Waals surface area contributed by atoms with Crippen molar-refractivity contribution in [3.05, 3.63) is 53.6 Å². The van der Waals surface area contributed by atoms with Crippen LogP contribution in [-0.4, -0.2) is 40.1 Å². The quantitative estimate of drug-likeness (QED) is 0.589. The summed E-state index contributed by atoms with van der Waals surface area (Å²) in [6.07, 6.45) is 4.26. The average Bonchev–Trinajstić information content (AvgIpc) is 3.17. The second-order valence-corrected chi connectivity index (χ2v) is 8.41. The molecular weight excluding hydrogens is 405 g/mol. The first-order chi connectivity index (χ1) is 14.4. The van der Waals surface area contributed by atoms with E-state index in [-0.39, 0.29) is 23.0 Å². The lowest BCUT2D eigenvalue weighted by Crippen LogP contribution is -2.46. The Bertz CT molecular complexity index is 1060. The maximum Gasteiger partial charge on any atom is 0.275 e. The molecule has 4 rings (SSSR count). The molecule has 0 saturated carbocycles. The number of carbonyl (C=O) groups excluding carboxylic acids is 1.